The second kappa shape index (κ2) is 4.89. The predicted molar refractivity (Wildman–Crippen MR) is 50.8 cm³/mol. The van der Waals surface area contributed by atoms with E-state index in [0.29, 0.717) is 0 Å². The van der Waals surface area contributed by atoms with Crippen LogP contribution < -0.4 is 5.32 Å². The lowest BCUT2D eigenvalue weighted by atomic mass is 9.80. The molecule has 1 amide bonds. The minimum Gasteiger partial charge on any atom is -0.396 e. The molecule has 1 aliphatic rings. The molecule has 0 spiro atoms. The van der Waals surface area contributed by atoms with E-state index < -0.39 is 30.3 Å². The Morgan fingerprint density at radius 3 is 2.40 bits per heavy atom. The summed E-state index contributed by atoms with van der Waals surface area (Å²) in [4.78, 5) is 10.8. The van der Waals surface area contributed by atoms with Crippen LogP contribution >= 0.6 is 0 Å². The predicted octanol–water partition coefficient (Wildman–Crippen LogP) is -2.41. The lowest BCUT2D eigenvalue weighted by Crippen LogP contribution is -2.60. The van der Waals surface area contributed by atoms with Crippen molar-refractivity contribution in [2.75, 3.05) is 6.61 Å². The Labute approximate surface area is 87.5 Å². The van der Waals surface area contributed by atoms with Gasteiger partial charge in [-0.3, -0.25) is 4.79 Å². The zero-order chi connectivity index (χ0) is 11.6. The summed E-state index contributed by atoms with van der Waals surface area (Å²) in [6.45, 7) is 0.964. The Morgan fingerprint density at radius 1 is 1.33 bits per heavy atom. The van der Waals surface area contributed by atoms with Crippen molar-refractivity contribution in [1.29, 1.82) is 0 Å². The van der Waals surface area contributed by atoms with Crippen LogP contribution in [0.15, 0.2) is 0 Å². The van der Waals surface area contributed by atoms with Gasteiger partial charge in [0.05, 0.1) is 18.2 Å². The monoisotopic (exact) mass is 219 g/mol. The number of hydrogen-bond donors (Lipinski definition) is 5. The van der Waals surface area contributed by atoms with Gasteiger partial charge < -0.3 is 25.7 Å². The van der Waals surface area contributed by atoms with Crippen molar-refractivity contribution in [2.45, 2.75) is 37.7 Å². The molecule has 0 unspecified atom stereocenters. The van der Waals surface area contributed by atoms with Gasteiger partial charge in [-0.25, -0.2) is 0 Å². The molecule has 0 aliphatic heterocycles. The van der Waals surface area contributed by atoms with E-state index in [1.165, 1.54) is 6.92 Å². The van der Waals surface area contributed by atoms with Crippen LogP contribution in [0.2, 0.25) is 0 Å². The van der Waals surface area contributed by atoms with E-state index in [2.05, 4.69) is 5.32 Å². The highest BCUT2D eigenvalue weighted by Gasteiger charge is 2.42. The maximum absolute atomic E-state index is 10.8. The summed E-state index contributed by atoms with van der Waals surface area (Å²) < 4.78 is 0. The first-order valence-electron chi connectivity index (χ1n) is 4.89. The minimum absolute atomic E-state index is 0.152. The van der Waals surface area contributed by atoms with E-state index in [4.69, 9.17) is 5.11 Å². The van der Waals surface area contributed by atoms with Crippen LogP contribution in [0.4, 0.5) is 0 Å². The van der Waals surface area contributed by atoms with Gasteiger partial charge in [0.15, 0.2) is 0 Å². The van der Waals surface area contributed by atoms with Gasteiger partial charge in [-0.2, -0.15) is 0 Å². The maximum atomic E-state index is 10.8. The highest BCUT2D eigenvalue weighted by Crippen LogP contribution is 2.25. The van der Waals surface area contributed by atoms with Crippen LogP contribution in [-0.4, -0.2) is 57.3 Å². The molecule has 1 aliphatic carbocycles. The second-order valence-corrected chi connectivity index (χ2v) is 3.95. The van der Waals surface area contributed by atoms with E-state index >= 15 is 0 Å². The first-order valence-corrected chi connectivity index (χ1v) is 4.89. The number of aliphatic hydroxyl groups is 4. The van der Waals surface area contributed by atoms with E-state index in [1.807, 2.05) is 0 Å². The van der Waals surface area contributed by atoms with Gasteiger partial charge in [0, 0.05) is 19.4 Å². The standard InChI is InChI=1S/C9H17NO5/c1-4(12)10-7-6(13)2-5(3-11)8(14)9(7)15/h5-9,11,13-15H,2-3H2,1H3,(H,10,12)/t5-,6+,7+,8+,9-/m1/s1. The molecule has 15 heavy (non-hydrogen) atoms. The number of rotatable bonds is 2. The SMILES string of the molecule is CC(=O)N[C@@H]1[C@@H](O)[C@@H](O)[C@@H](CO)C[C@@H]1O. The summed E-state index contributed by atoms with van der Waals surface area (Å²) in [6, 6.07) is -0.875. The zero-order valence-corrected chi connectivity index (χ0v) is 8.50. The fraction of sp³-hybridized carbons (Fsp3) is 0.889. The minimum atomic E-state index is -1.25. The first-order chi connectivity index (χ1) is 6.97. The van der Waals surface area contributed by atoms with Crippen LogP contribution in [0.5, 0.6) is 0 Å². The van der Waals surface area contributed by atoms with Gasteiger partial charge in [-0.1, -0.05) is 0 Å². The van der Waals surface area contributed by atoms with E-state index in [9.17, 15) is 20.1 Å². The molecular formula is C9H17NO5. The molecule has 0 aromatic carbocycles. The van der Waals surface area contributed by atoms with Crippen molar-refractivity contribution >= 4 is 5.91 Å². The molecule has 1 fully saturated rings. The molecular weight excluding hydrogens is 202 g/mol. The molecule has 1 saturated carbocycles. The summed E-state index contributed by atoms with van der Waals surface area (Å²) >= 11 is 0. The van der Waals surface area contributed by atoms with Crippen LogP contribution in [0.25, 0.3) is 0 Å². The lowest BCUT2D eigenvalue weighted by Gasteiger charge is -2.40. The Hall–Kier alpha value is -0.690. The number of amides is 1. The molecule has 6 heteroatoms. The van der Waals surface area contributed by atoms with Crippen molar-refractivity contribution in [3.63, 3.8) is 0 Å². The molecule has 0 heterocycles. The maximum Gasteiger partial charge on any atom is 0.217 e. The van der Waals surface area contributed by atoms with Crippen LogP contribution in [0.3, 0.4) is 0 Å². The molecule has 88 valence electrons. The number of aliphatic hydroxyl groups excluding tert-OH is 4. The number of carbonyl (C=O) groups excluding carboxylic acids is 1. The average molecular weight is 219 g/mol. The zero-order valence-electron chi connectivity index (χ0n) is 8.50. The third kappa shape index (κ3) is 2.66. The summed E-state index contributed by atoms with van der Waals surface area (Å²) in [5.74, 6) is -0.937. The number of hydrogen-bond acceptors (Lipinski definition) is 5. The number of carbonyl (C=O) groups is 1. The van der Waals surface area contributed by atoms with Crippen molar-refractivity contribution in [3.8, 4) is 0 Å². The van der Waals surface area contributed by atoms with Crippen LogP contribution in [0, 0.1) is 5.92 Å². The normalized spacial score (nSPS) is 41.3. The summed E-state index contributed by atoms with van der Waals surface area (Å²) in [5, 5.41) is 40.1. The van der Waals surface area contributed by atoms with Gasteiger partial charge in [-0.05, 0) is 6.42 Å². The molecule has 0 aromatic heterocycles. The van der Waals surface area contributed by atoms with Gasteiger partial charge in [0.1, 0.15) is 6.10 Å². The third-order valence-electron chi connectivity index (χ3n) is 2.76. The Kier molecular flexibility index (Phi) is 4.04. The fourth-order valence-corrected chi connectivity index (χ4v) is 1.91. The summed E-state index contributed by atoms with van der Waals surface area (Å²) in [7, 11) is 0. The van der Waals surface area contributed by atoms with Gasteiger partial charge in [0.25, 0.3) is 0 Å². The molecule has 0 radical (unpaired) electrons. The molecule has 1 rings (SSSR count). The Morgan fingerprint density at radius 2 is 1.93 bits per heavy atom. The quantitative estimate of drug-likeness (QED) is 0.355. The van der Waals surface area contributed by atoms with Crippen molar-refractivity contribution < 1.29 is 25.2 Å². The second-order valence-electron chi connectivity index (χ2n) is 3.95. The lowest BCUT2D eigenvalue weighted by molar-refractivity contribution is -0.133. The highest BCUT2D eigenvalue weighted by molar-refractivity contribution is 5.73. The smallest absolute Gasteiger partial charge is 0.217 e. The third-order valence-corrected chi connectivity index (χ3v) is 2.76. The Bertz CT molecular complexity index is 235. The van der Waals surface area contributed by atoms with Crippen LogP contribution in [-0.2, 0) is 4.79 Å². The molecule has 0 aromatic rings. The van der Waals surface area contributed by atoms with E-state index in [-0.39, 0.29) is 18.9 Å². The summed E-state index contributed by atoms with van der Waals surface area (Å²) in [5.41, 5.74) is 0. The van der Waals surface area contributed by atoms with Gasteiger partial charge in [0.2, 0.25) is 5.91 Å². The Balaban J connectivity index is 2.70. The van der Waals surface area contributed by atoms with E-state index in [1.54, 1.807) is 0 Å². The van der Waals surface area contributed by atoms with Crippen LogP contribution in [0.1, 0.15) is 13.3 Å². The molecule has 5 N–H and O–H groups in total. The molecule has 6 nitrogen and oxygen atoms in total. The topological polar surface area (TPSA) is 110 Å². The number of nitrogens with one attached hydrogen (secondary N) is 1. The van der Waals surface area contributed by atoms with Gasteiger partial charge in [-0.15, -0.1) is 0 Å². The van der Waals surface area contributed by atoms with Crippen molar-refractivity contribution in [1.82, 2.24) is 5.32 Å². The average Bonchev–Trinajstić information content (AvgIpc) is 2.18. The fourth-order valence-electron chi connectivity index (χ4n) is 1.91. The molecule has 0 bridgehead atoms. The van der Waals surface area contributed by atoms with E-state index in [0.717, 1.165) is 0 Å². The highest BCUT2D eigenvalue weighted by atomic mass is 16.3. The van der Waals surface area contributed by atoms with Crippen molar-refractivity contribution in [2.24, 2.45) is 5.92 Å². The largest absolute Gasteiger partial charge is 0.396 e. The summed E-state index contributed by atoms with van der Waals surface area (Å²) in [6.07, 6.45) is -3.19. The molecule has 0 saturated heterocycles. The van der Waals surface area contributed by atoms with Crippen molar-refractivity contribution in [3.05, 3.63) is 0 Å². The molecule has 5 atom stereocenters. The van der Waals surface area contributed by atoms with Gasteiger partial charge >= 0.3 is 0 Å². The first kappa shape index (κ1) is 12.4.